The molecule has 2 saturated carbocycles. The van der Waals surface area contributed by atoms with Gasteiger partial charge >= 0.3 is 0 Å². The molecule has 2 nitrogen and oxygen atoms in total. The fourth-order valence-corrected chi connectivity index (χ4v) is 3.19. The van der Waals surface area contributed by atoms with E-state index in [-0.39, 0.29) is 0 Å². The van der Waals surface area contributed by atoms with Crippen molar-refractivity contribution in [1.82, 2.24) is 0 Å². The average molecular weight is 202 g/mol. The van der Waals surface area contributed by atoms with Crippen LogP contribution in [0.4, 0.5) is 0 Å². The van der Waals surface area contributed by atoms with Gasteiger partial charge in [-0.3, -0.25) is 0 Å². The molecule has 2 bridgehead atoms. The molecule has 0 N–H and O–H groups in total. The standard InChI is InChI=1S/C13H14O2/c1-2-4-9(5-3-1)6-14-7-13-8-15-12-10(13)11(12)13/h1-5,10-12H,6-8H2. The third-order valence-corrected chi connectivity index (χ3v) is 4.20. The smallest absolute Gasteiger partial charge is 0.0717 e. The zero-order chi connectivity index (χ0) is 9.88. The van der Waals surface area contributed by atoms with Gasteiger partial charge < -0.3 is 9.47 Å². The van der Waals surface area contributed by atoms with Gasteiger partial charge in [-0.15, -0.1) is 0 Å². The van der Waals surface area contributed by atoms with E-state index in [9.17, 15) is 0 Å². The van der Waals surface area contributed by atoms with E-state index in [1.54, 1.807) is 0 Å². The number of hydrogen-bond acceptors (Lipinski definition) is 2. The van der Waals surface area contributed by atoms with Crippen molar-refractivity contribution in [3.05, 3.63) is 35.9 Å². The van der Waals surface area contributed by atoms with Gasteiger partial charge in [0, 0.05) is 17.3 Å². The van der Waals surface area contributed by atoms with Gasteiger partial charge in [0.2, 0.25) is 0 Å². The molecule has 2 atom stereocenters. The fourth-order valence-electron chi connectivity index (χ4n) is 3.19. The predicted octanol–water partition coefficient (Wildman–Crippen LogP) is 1.85. The highest BCUT2D eigenvalue weighted by molar-refractivity contribution is 5.35. The molecule has 0 amide bonds. The third kappa shape index (κ3) is 1.01. The number of benzene rings is 1. The molecule has 1 aromatic carbocycles. The van der Waals surface area contributed by atoms with Crippen molar-refractivity contribution in [2.75, 3.05) is 13.2 Å². The molecule has 2 aliphatic heterocycles. The molecule has 0 spiro atoms. The highest BCUT2D eigenvalue weighted by atomic mass is 16.5. The van der Waals surface area contributed by atoms with Crippen molar-refractivity contribution < 1.29 is 9.47 Å². The Balaban J connectivity index is 1.32. The first-order valence-corrected chi connectivity index (χ1v) is 5.65. The Morgan fingerprint density at radius 3 is 2.73 bits per heavy atom. The molecule has 0 radical (unpaired) electrons. The first kappa shape index (κ1) is 8.31. The molecular weight excluding hydrogens is 188 g/mol. The molecule has 1 aromatic rings. The second kappa shape index (κ2) is 2.63. The zero-order valence-corrected chi connectivity index (χ0v) is 8.56. The van der Waals surface area contributed by atoms with Gasteiger partial charge in [-0.25, -0.2) is 0 Å². The van der Waals surface area contributed by atoms with Crippen molar-refractivity contribution >= 4 is 0 Å². The van der Waals surface area contributed by atoms with E-state index in [4.69, 9.17) is 9.47 Å². The van der Waals surface area contributed by atoms with Crippen LogP contribution in [0, 0.1) is 17.3 Å². The molecule has 15 heavy (non-hydrogen) atoms. The molecule has 2 saturated heterocycles. The second-order valence-corrected chi connectivity index (χ2v) is 5.04. The summed E-state index contributed by atoms with van der Waals surface area (Å²) < 4.78 is 11.4. The van der Waals surface area contributed by atoms with Crippen LogP contribution >= 0.6 is 0 Å². The van der Waals surface area contributed by atoms with E-state index >= 15 is 0 Å². The normalized spacial score (nSPS) is 43.9. The number of ether oxygens (including phenoxy) is 2. The number of rotatable bonds is 4. The van der Waals surface area contributed by atoms with Crippen molar-refractivity contribution in [2.24, 2.45) is 17.3 Å². The lowest BCUT2D eigenvalue weighted by molar-refractivity contribution is 0.0657. The van der Waals surface area contributed by atoms with Gasteiger partial charge in [-0.2, -0.15) is 0 Å². The van der Waals surface area contributed by atoms with Gasteiger partial charge in [0.25, 0.3) is 0 Å². The quantitative estimate of drug-likeness (QED) is 0.741. The van der Waals surface area contributed by atoms with Crippen molar-refractivity contribution in [2.45, 2.75) is 12.7 Å². The maximum absolute atomic E-state index is 5.79. The molecule has 2 heteroatoms. The molecule has 2 aliphatic carbocycles. The van der Waals surface area contributed by atoms with Crippen LogP contribution in [0.25, 0.3) is 0 Å². The van der Waals surface area contributed by atoms with Gasteiger partial charge in [-0.1, -0.05) is 30.3 Å². The van der Waals surface area contributed by atoms with Crippen molar-refractivity contribution in [1.29, 1.82) is 0 Å². The van der Waals surface area contributed by atoms with Crippen LogP contribution in [0.5, 0.6) is 0 Å². The Bertz CT molecular complexity index is 377. The van der Waals surface area contributed by atoms with E-state index in [0.29, 0.717) is 11.5 Å². The highest BCUT2D eigenvalue weighted by Crippen LogP contribution is 2.83. The van der Waals surface area contributed by atoms with Crippen LogP contribution in [0.1, 0.15) is 5.56 Å². The van der Waals surface area contributed by atoms with E-state index in [1.807, 2.05) is 6.07 Å². The maximum atomic E-state index is 5.79. The second-order valence-electron chi connectivity index (χ2n) is 5.04. The Hall–Kier alpha value is -0.860. The van der Waals surface area contributed by atoms with Crippen LogP contribution in [-0.4, -0.2) is 19.3 Å². The first-order valence-electron chi connectivity index (χ1n) is 5.65. The van der Waals surface area contributed by atoms with Crippen LogP contribution in [-0.2, 0) is 16.1 Å². The minimum atomic E-state index is 0.458. The molecule has 5 rings (SSSR count). The number of hydrogen-bond donors (Lipinski definition) is 0. The summed E-state index contributed by atoms with van der Waals surface area (Å²) in [6.07, 6.45) is 0.630. The summed E-state index contributed by atoms with van der Waals surface area (Å²) in [7, 11) is 0. The molecule has 4 fully saturated rings. The summed E-state index contributed by atoms with van der Waals surface area (Å²) in [5, 5.41) is 0. The van der Waals surface area contributed by atoms with E-state index in [1.165, 1.54) is 5.56 Å². The topological polar surface area (TPSA) is 18.5 Å². The lowest BCUT2D eigenvalue weighted by atomic mass is 9.99. The molecule has 78 valence electrons. The fraction of sp³-hybridized carbons (Fsp3) is 0.538. The third-order valence-electron chi connectivity index (χ3n) is 4.20. The lowest BCUT2D eigenvalue weighted by Crippen LogP contribution is -2.19. The van der Waals surface area contributed by atoms with Gasteiger partial charge in [0.1, 0.15) is 0 Å². The van der Waals surface area contributed by atoms with Crippen LogP contribution in [0.2, 0.25) is 0 Å². The summed E-state index contributed by atoms with van der Waals surface area (Å²) in [5.41, 5.74) is 1.72. The highest BCUT2D eigenvalue weighted by Gasteiger charge is 2.89. The van der Waals surface area contributed by atoms with Crippen LogP contribution in [0.15, 0.2) is 30.3 Å². The molecule has 4 aliphatic rings. The lowest BCUT2D eigenvalue weighted by Gasteiger charge is -2.13. The number of fused-ring (bicyclic) bond motifs is 1. The molecular formula is C13H14O2. The monoisotopic (exact) mass is 202 g/mol. The Morgan fingerprint density at radius 1 is 1.27 bits per heavy atom. The van der Waals surface area contributed by atoms with E-state index < -0.39 is 0 Å². The minimum Gasteiger partial charge on any atom is -0.377 e. The van der Waals surface area contributed by atoms with Gasteiger partial charge in [0.15, 0.2) is 0 Å². The van der Waals surface area contributed by atoms with Crippen molar-refractivity contribution in [3.63, 3.8) is 0 Å². The predicted molar refractivity (Wildman–Crippen MR) is 55.3 cm³/mol. The average Bonchev–Trinajstić information content (AvgIpc) is 3.08. The summed E-state index contributed by atoms with van der Waals surface area (Å²) in [6, 6.07) is 10.4. The van der Waals surface area contributed by atoms with Gasteiger partial charge in [-0.05, 0) is 5.56 Å². The summed E-state index contributed by atoms with van der Waals surface area (Å²) in [5.74, 6) is 1.74. The minimum absolute atomic E-state index is 0.458. The van der Waals surface area contributed by atoms with Crippen molar-refractivity contribution in [3.8, 4) is 0 Å². The van der Waals surface area contributed by atoms with Gasteiger partial charge in [0.05, 0.1) is 25.9 Å². The van der Waals surface area contributed by atoms with Crippen LogP contribution < -0.4 is 0 Å². The zero-order valence-electron chi connectivity index (χ0n) is 8.56. The molecule has 0 aromatic heterocycles. The maximum Gasteiger partial charge on any atom is 0.0717 e. The summed E-state index contributed by atoms with van der Waals surface area (Å²) in [4.78, 5) is 0. The summed E-state index contributed by atoms with van der Waals surface area (Å²) >= 11 is 0. The van der Waals surface area contributed by atoms with Crippen LogP contribution in [0.3, 0.4) is 0 Å². The van der Waals surface area contributed by atoms with E-state index in [0.717, 1.165) is 31.7 Å². The SMILES string of the molecule is c1ccc(COCC23COC4C2C43)cc1. The summed E-state index contributed by atoms with van der Waals surface area (Å²) in [6.45, 7) is 2.59. The Kier molecular flexibility index (Phi) is 1.46. The molecule has 2 unspecified atom stereocenters. The van der Waals surface area contributed by atoms with E-state index in [2.05, 4.69) is 24.3 Å². The Labute approximate surface area is 89.2 Å². The Morgan fingerprint density at radius 2 is 2.07 bits per heavy atom. The first-order chi connectivity index (χ1) is 7.42. The molecule has 2 heterocycles. The largest absolute Gasteiger partial charge is 0.377 e.